The van der Waals surface area contributed by atoms with Crippen molar-refractivity contribution in [3.05, 3.63) is 121 Å². The molecule has 4 aromatic carbocycles. The van der Waals surface area contributed by atoms with Crippen LogP contribution in [0.1, 0.15) is 18.1 Å². The van der Waals surface area contributed by atoms with Crippen molar-refractivity contribution in [2.45, 2.75) is 19.8 Å². The lowest BCUT2D eigenvalue weighted by Gasteiger charge is -2.08. The molecule has 0 spiro atoms. The molecule has 0 saturated carbocycles. The Balaban J connectivity index is 0.000000185. The molecule has 0 aliphatic rings. The van der Waals surface area contributed by atoms with Crippen LogP contribution in [-0.2, 0) is 31.9 Å². The number of aromatic hydroxyl groups is 2. The van der Waals surface area contributed by atoms with Crippen LogP contribution in [0.25, 0.3) is 33.4 Å². The van der Waals surface area contributed by atoms with Crippen molar-refractivity contribution in [2.24, 2.45) is 0 Å². The zero-order valence-corrected chi connectivity index (χ0v) is 25.6. The van der Waals surface area contributed by atoms with Crippen LogP contribution in [0.2, 0.25) is 0 Å². The molecule has 0 unspecified atom stereocenters. The van der Waals surface area contributed by atoms with Gasteiger partial charge in [-0.15, -0.1) is 30.0 Å². The molecular weight excluding hydrogens is 600 g/mol. The molecule has 0 atom stereocenters. The third-order valence-electron chi connectivity index (χ3n) is 6.86. The van der Waals surface area contributed by atoms with Gasteiger partial charge in [0.25, 0.3) is 0 Å². The Bertz CT molecular complexity index is 2020. The molecule has 0 aliphatic carbocycles. The number of hydrogen-bond acceptors (Lipinski definition) is 10. The molecular formula is C35H32N6O6. The molecule has 0 bridgehead atoms. The highest BCUT2D eigenvalue weighted by atomic mass is 16.5. The van der Waals surface area contributed by atoms with Crippen LogP contribution in [0.5, 0.6) is 11.5 Å². The minimum atomic E-state index is -0.455. The fourth-order valence-electron chi connectivity index (χ4n) is 4.42. The third kappa shape index (κ3) is 8.05. The maximum absolute atomic E-state index is 11.4. The van der Waals surface area contributed by atoms with Gasteiger partial charge in [-0.05, 0) is 66.6 Å². The summed E-state index contributed by atoms with van der Waals surface area (Å²) in [5, 5.41) is 37.6. The minimum Gasteiger partial charge on any atom is -0.506 e. The van der Waals surface area contributed by atoms with E-state index in [1.54, 1.807) is 43.3 Å². The Hall–Kier alpha value is -6.30. The first-order valence-electron chi connectivity index (χ1n) is 14.6. The highest BCUT2D eigenvalue weighted by molar-refractivity contribution is 5.87. The van der Waals surface area contributed by atoms with Gasteiger partial charge in [0.1, 0.15) is 44.9 Å². The van der Waals surface area contributed by atoms with Crippen LogP contribution in [0.3, 0.4) is 0 Å². The van der Waals surface area contributed by atoms with E-state index in [9.17, 15) is 19.8 Å². The van der Waals surface area contributed by atoms with Crippen molar-refractivity contribution in [2.75, 3.05) is 13.2 Å². The summed E-state index contributed by atoms with van der Waals surface area (Å²) in [6, 6.07) is 25.2. The van der Waals surface area contributed by atoms with Gasteiger partial charge in [0.05, 0.1) is 13.2 Å². The highest BCUT2D eigenvalue weighted by Crippen LogP contribution is 2.24. The van der Waals surface area contributed by atoms with Crippen molar-refractivity contribution in [3.8, 4) is 22.9 Å². The van der Waals surface area contributed by atoms with E-state index in [0.717, 1.165) is 39.3 Å². The van der Waals surface area contributed by atoms with E-state index in [1.807, 2.05) is 48.5 Å². The van der Waals surface area contributed by atoms with Crippen LogP contribution < -0.4 is 0 Å². The molecule has 6 aromatic rings. The van der Waals surface area contributed by atoms with Gasteiger partial charge in [-0.2, -0.15) is 0 Å². The Morgan fingerprint density at radius 1 is 0.702 bits per heavy atom. The maximum atomic E-state index is 11.4. The zero-order chi connectivity index (χ0) is 33.3. The van der Waals surface area contributed by atoms with Gasteiger partial charge in [0.2, 0.25) is 0 Å². The Morgan fingerprint density at radius 3 is 1.49 bits per heavy atom. The van der Waals surface area contributed by atoms with Gasteiger partial charge in [-0.3, -0.25) is 0 Å². The molecule has 0 amide bonds. The molecule has 2 N–H and O–H groups in total. The first-order valence-corrected chi connectivity index (χ1v) is 14.6. The maximum Gasteiger partial charge on any atom is 0.333 e. The molecule has 0 radical (unpaired) electrons. The smallest absolute Gasteiger partial charge is 0.333 e. The van der Waals surface area contributed by atoms with Gasteiger partial charge < -0.3 is 19.7 Å². The molecule has 238 valence electrons. The van der Waals surface area contributed by atoms with E-state index in [0.29, 0.717) is 29.8 Å². The number of benzene rings is 4. The molecule has 2 heterocycles. The van der Waals surface area contributed by atoms with Gasteiger partial charge >= 0.3 is 11.9 Å². The van der Waals surface area contributed by atoms with E-state index in [4.69, 9.17) is 9.47 Å². The summed E-state index contributed by atoms with van der Waals surface area (Å²) in [5.41, 5.74) is 6.12. The number of esters is 2. The summed E-state index contributed by atoms with van der Waals surface area (Å²) in [7, 11) is 0. The number of ether oxygens (including phenoxy) is 2. The molecule has 0 fully saturated rings. The molecule has 47 heavy (non-hydrogen) atoms. The van der Waals surface area contributed by atoms with Gasteiger partial charge in [-0.25, -0.2) is 9.59 Å². The average Bonchev–Trinajstić information content (AvgIpc) is 3.71. The van der Waals surface area contributed by atoms with E-state index in [2.05, 4.69) is 33.6 Å². The molecule has 0 aliphatic heterocycles. The molecule has 12 nitrogen and oxygen atoms in total. The van der Waals surface area contributed by atoms with Crippen molar-refractivity contribution in [1.29, 1.82) is 0 Å². The topological polar surface area (TPSA) is 154 Å². The summed E-state index contributed by atoms with van der Waals surface area (Å²) in [4.78, 5) is 25.2. The molecule has 6 rings (SSSR count). The van der Waals surface area contributed by atoms with Crippen LogP contribution >= 0.6 is 0 Å². The lowest BCUT2D eigenvalue weighted by Crippen LogP contribution is -2.08. The number of rotatable bonds is 10. The SMILES string of the molecule is C=C(C)C(=O)OCCc1ccc(O)c(-n2nc3ccccc3n2)c1.C=CC(=O)OCCc1ccc(O)c(-n2nc3ccccc3n2)c1. The summed E-state index contributed by atoms with van der Waals surface area (Å²) in [6.07, 6.45) is 2.17. The van der Waals surface area contributed by atoms with Crippen molar-refractivity contribution < 1.29 is 29.3 Å². The number of phenolic OH excluding ortho intramolecular Hbond substituents is 2. The van der Waals surface area contributed by atoms with Crippen LogP contribution in [0.15, 0.2) is 110 Å². The second-order valence-electron chi connectivity index (χ2n) is 10.4. The number of carbonyl (C=O) groups is 2. The minimum absolute atomic E-state index is 0.0807. The van der Waals surface area contributed by atoms with Crippen LogP contribution in [0, 0.1) is 0 Å². The van der Waals surface area contributed by atoms with Crippen LogP contribution in [0.4, 0.5) is 0 Å². The Morgan fingerprint density at radius 2 is 1.11 bits per heavy atom. The summed E-state index contributed by atoms with van der Waals surface area (Å²) < 4.78 is 10.1. The standard InChI is InChI=1S/C18H17N3O3.C17H15N3O3/c1-12(2)18(23)24-10-9-13-7-8-17(22)16(11-13)21-19-14-5-3-4-6-15(14)20-21;1-2-17(22)23-10-9-12-7-8-16(21)15(11-12)20-18-13-5-3-4-6-14(13)19-20/h3-8,11,22H,1,9-10H2,2H3;2-8,11,21H,1,9-10H2. The van der Waals surface area contributed by atoms with Crippen molar-refractivity contribution in [1.82, 2.24) is 30.0 Å². The number of carbonyl (C=O) groups excluding carboxylic acids is 2. The van der Waals surface area contributed by atoms with E-state index < -0.39 is 11.9 Å². The van der Waals surface area contributed by atoms with Crippen LogP contribution in [-0.4, -0.2) is 65.4 Å². The van der Waals surface area contributed by atoms with E-state index in [-0.39, 0.29) is 24.7 Å². The second-order valence-corrected chi connectivity index (χ2v) is 10.4. The predicted molar refractivity (Wildman–Crippen MR) is 175 cm³/mol. The van der Waals surface area contributed by atoms with E-state index >= 15 is 0 Å². The van der Waals surface area contributed by atoms with Crippen molar-refractivity contribution >= 4 is 34.0 Å². The molecule has 2 aromatic heterocycles. The summed E-state index contributed by atoms with van der Waals surface area (Å²) in [5.74, 6) is -0.701. The Labute approximate surface area is 269 Å². The fourth-order valence-corrected chi connectivity index (χ4v) is 4.42. The monoisotopic (exact) mass is 632 g/mol. The fraction of sp³-hybridized carbons (Fsp3) is 0.143. The second kappa shape index (κ2) is 14.7. The highest BCUT2D eigenvalue weighted by Gasteiger charge is 2.12. The number of fused-ring (bicyclic) bond motifs is 2. The number of hydrogen-bond donors (Lipinski definition) is 2. The quantitative estimate of drug-likeness (QED) is 0.152. The first kappa shape index (κ1) is 32.1. The lowest BCUT2D eigenvalue weighted by molar-refractivity contribution is -0.139. The third-order valence-corrected chi connectivity index (χ3v) is 6.86. The van der Waals surface area contributed by atoms with E-state index in [1.165, 1.54) is 9.59 Å². The Kier molecular flexibility index (Phi) is 10.0. The number of aromatic nitrogens is 6. The van der Waals surface area contributed by atoms with Gasteiger partial charge in [-0.1, -0.05) is 49.6 Å². The predicted octanol–water partition coefficient (Wildman–Crippen LogP) is 5.19. The largest absolute Gasteiger partial charge is 0.506 e. The zero-order valence-electron chi connectivity index (χ0n) is 25.6. The van der Waals surface area contributed by atoms with Gasteiger partial charge in [0, 0.05) is 24.5 Å². The lowest BCUT2D eigenvalue weighted by atomic mass is 10.1. The summed E-state index contributed by atoms with van der Waals surface area (Å²) in [6.45, 7) is 8.97. The number of nitrogens with zero attached hydrogens (tertiary/aromatic N) is 6. The van der Waals surface area contributed by atoms with Crippen molar-refractivity contribution in [3.63, 3.8) is 0 Å². The van der Waals surface area contributed by atoms with Gasteiger partial charge in [0.15, 0.2) is 0 Å². The average molecular weight is 633 g/mol. The first-order chi connectivity index (χ1) is 22.7. The molecule has 0 saturated heterocycles. The number of phenols is 2. The normalized spacial score (nSPS) is 10.7. The summed E-state index contributed by atoms with van der Waals surface area (Å²) >= 11 is 0. The molecule has 12 heteroatoms.